The molecule has 7 nitrogen and oxygen atoms in total. The number of amides is 2. The van der Waals surface area contributed by atoms with E-state index in [4.69, 9.17) is 16.6 Å². The Kier molecular flexibility index (Phi) is 8.47. The molecule has 4 aliphatic heterocycles. The third kappa shape index (κ3) is 5.36. The monoisotopic (exact) mass is 663 g/mol. The van der Waals surface area contributed by atoms with Gasteiger partial charge in [-0.25, -0.2) is 4.39 Å². The molecule has 4 atom stereocenters. The molecule has 5 aliphatic rings. The molecule has 3 fully saturated rings. The predicted molar refractivity (Wildman–Crippen MR) is 182 cm³/mol. The molecule has 0 bridgehead atoms. The Balaban J connectivity index is 1.23. The van der Waals surface area contributed by atoms with Crippen molar-refractivity contribution in [2.24, 2.45) is 10.9 Å². The largest absolute Gasteiger partial charge is 0.338 e. The van der Waals surface area contributed by atoms with E-state index < -0.39 is 18.8 Å². The SMILES string of the molecule is CCc1ccc(C2N=C3SC(C(=O)N4[C@H](CF)CC[C@H]4C(=O)N4CCN(C)C5(CC5)C4)=C(C(C)C)N3[C@@H]2c2ccc(Cl)cc2)cc1. The Morgan fingerprint density at radius 3 is 2.37 bits per heavy atom. The lowest BCUT2D eigenvalue weighted by atomic mass is 9.92. The summed E-state index contributed by atoms with van der Waals surface area (Å²) in [6.07, 6.45) is 4.11. The number of carbonyl (C=O) groups excluding carboxylic acids is 2. The second-order valence-corrected chi connectivity index (χ2v) is 15.2. The van der Waals surface area contributed by atoms with Crippen LogP contribution < -0.4 is 0 Å². The van der Waals surface area contributed by atoms with Gasteiger partial charge in [0.15, 0.2) is 5.17 Å². The summed E-state index contributed by atoms with van der Waals surface area (Å²) >= 11 is 7.69. The van der Waals surface area contributed by atoms with E-state index in [0.717, 1.165) is 47.8 Å². The molecule has 2 amide bonds. The lowest BCUT2D eigenvalue weighted by Crippen LogP contribution is -2.59. The van der Waals surface area contributed by atoms with Gasteiger partial charge >= 0.3 is 0 Å². The van der Waals surface area contributed by atoms with E-state index in [0.29, 0.717) is 35.9 Å². The van der Waals surface area contributed by atoms with Crippen LogP contribution in [0.2, 0.25) is 5.02 Å². The van der Waals surface area contributed by atoms with Gasteiger partial charge in [-0.1, -0.05) is 68.8 Å². The maximum Gasteiger partial charge on any atom is 0.263 e. The summed E-state index contributed by atoms with van der Waals surface area (Å²) in [5.74, 6) is -0.299. The Bertz CT molecular complexity index is 1570. The molecule has 2 aromatic carbocycles. The van der Waals surface area contributed by atoms with Crippen LogP contribution in [0.4, 0.5) is 4.39 Å². The third-order valence-corrected chi connectivity index (χ3v) is 12.1. The van der Waals surface area contributed by atoms with Crippen LogP contribution >= 0.6 is 23.4 Å². The number of benzene rings is 2. The van der Waals surface area contributed by atoms with Crippen molar-refractivity contribution in [3.05, 3.63) is 80.8 Å². The number of halogens is 2. The zero-order valence-electron chi connectivity index (χ0n) is 27.1. The summed E-state index contributed by atoms with van der Waals surface area (Å²) in [6, 6.07) is 14.9. The average Bonchev–Trinajstić information content (AvgIpc) is 3.38. The molecule has 7 rings (SSSR count). The van der Waals surface area contributed by atoms with Gasteiger partial charge in [-0.2, -0.15) is 0 Å². The number of aryl methyl sites for hydroxylation is 1. The van der Waals surface area contributed by atoms with E-state index in [2.05, 4.69) is 61.9 Å². The van der Waals surface area contributed by atoms with Crippen molar-refractivity contribution in [3.63, 3.8) is 0 Å². The molecule has 4 heterocycles. The number of hydrogen-bond acceptors (Lipinski definition) is 6. The van der Waals surface area contributed by atoms with Gasteiger partial charge in [0.1, 0.15) is 23.7 Å². The molecule has 0 N–H and O–H groups in total. The first kappa shape index (κ1) is 31.7. The van der Waals surface area contributed by atoms with Gasteiger partial charge in [0, 0.05) is 35.9 Å². The Hall–Kier alpha value is -2.88. The first-order valence-electron chi connectivity index (χ1n) is 16.7. The van der Waals surface area contributed by atoms with Gasteiger partial charge in [0.25, 0.3) is 5.91 Å². The van der Waals surface area contributed by atoms with E-state index in [1.54, 1.807) is 4.90 Å². The van der Waals surface area contributed by atoms with Crippen molar-refractivity contribution < 1.29 is 14.0 Å². The summed E-state index contributed by atoms with van der Waals surface area (Å²) in [7, 11) is 2.13. The molecule has 1 spiro atoms. The summed E-state index contributed by atoms with van der Waals surface area (Å²) in [5.41, 5.74) is 4.39. The number of carbonyl (C=O) groups is 2. The van der Waals surface area contributed by atoms with Gasteiger partial charge in [-0.15, -0.1) is 0 Å². The maximum atomic E-state index is 14.7. The second-order valence-electron chi connectivity index (χ2n) is 13.8. The summed E-state index contributed by atoms with van der Waals surface area (Å²) < 4.78 is 14.6. The van der Waals surface area contributed by atoms with E-state index in [9.17, 15) is 14.0 Å². The number of likely N-dealkylation sites (N-methyl/N-ethyl adjacent to an activating group) is 1. The number of likely N-dealkylation sites (tertiary alicyclic amines) is 1. The number of thioether (sulfide) groups is 1. The molecular formula is C36H43ClFN5O2S. The van der Waals surface area contributed by atoms with Crippen LogP contribution in [0, 0.1) is 5.92 Å². The zero-order chi connectivity index (χ0) is 32.3. The lowest BCUT2D eigenvalue weighted by Gasteiger charge is -2.42. The standard InChI is InChI=1S/C36H43ClFN5O2S/c1-5-23-6-8-24(9-7-23)29-31(25-10-12-26(37)13-11-25)43-30(22(2)3)32(46-35(43)39-29)34(45)42-27(20-38)14-15-28(42)33(44)41-19-18-40(4)36(21-41)16-17-36/h6-13,22,27-29,31H,5,14-21H2,1-4H3/t27-,28-,29?,31+/m0/s1. The highest BCUT2D eigenvalue weighted by molar-refractivity contribution is 8.18. The van der Waals surface area contributed by atoms with E-state index in [-0.39, 0.29) is 35.4 Å². The topological polar surface area (TPSA) is 59.5 Å². The van der Waals surface area contributed by atoms with Crippen molar-refractivity contribution in [2.45, 2.75) is 82.6 Å². The Morgan fingerprint density at radius 1 is 1.04 bits per heavy atom. The van der Waals surface area contributed by atoms with Crippen LogP contribution in [0.3, 0.4) is 0 Å². The molecule has 0 radical (unpaired) electrons. The van der Waals surface area contributed by atoms with Gasteiger partial charge in [0.2, 0.25) is 5.91 Å². The fraction of sp³-hybridized carbons (Fsp3) is 0.528. The molecule has 1 unspecified atom stereocenters. The fourth-order valence-corrected chi connectivity index (χ4v) is 9.25. The molecule has 10 heteroatoms. The van der Waals surface area contributed by atoms with Gasteiger partial charge in [0.05, 0.1) is 12.1 Å². The van der Waals surface area contributed by atoms with Crippen LogP contribution in [0.1, 0.15) is 75.2 Å². The minimum Gasteiger partial charge on any atom is -0.338 e. The van der Waals surface area contributed by atoms with Crippen LogP contribution in [0.15, 0.2) is 64.1 Å². The molecular weight excluding hydrogens is 621 g/mol. The highest BCUT2D eigenvalue weighted by atomic mass is 35.5. The second kappa shape index (κ2) is 12.3. The lowest BCUT2D eigenvalue weighted by molar-refractivity contribution is -0.145. The number of amidine groups is 1. The molecule has 244 valence electrons. The highest BCUT2D eigenvalue weighted by Gasteiger charge is 2.54. The van der Waals surface area contributed by atoms with Crippen molar-refractivity contribution in [2.75, 3.05) is 33.4 Å². The van der Waals surface area contributed by atoms with Crippen LogP contribution in [0.25, 0.3) is 0 Å². The molecule has 2 aromatic rings. The Morgan fingerprint density at radius 2 is 1.74 bits per heavy atom. The fourth-order valence-electron chi connectivity index (χ4n) is 7.83. The Labute approximate surface area is 280 Å². The number of aliphatic imine (C=N–C) groups is 1. The summed E-state index contributed by atoms with van der Waals surface area (Å²) in [6.45, 7) is 7.81. The van der Waals surface area contributed by atoms with Crippen molar-refractivity contribution in [1.82, 2.24) is 19.6 Å². The number of rotatable bonds is 7. The van der Waals surface area contributed by atoms with Crippen LogP contribution in [-0.4, -0.2) is 87.6 Å². The van der Waals surface area contributed by atoms with Gasteiger partial charge in [-0.3, -0.25) is 19.5 Å². The normalized spacial score (nSPS) is 27.2. The maximum absolute atomic E-state index is 14.7. The smallest absolute Gasteiger partial charge is 0.263 e. The van der Waals surface area contributed by atoms with Crippen LogP contribution in [-0.2, 0) is 16.0 Å². The average molecular weight is 664 g/mol. The molecule has 1 saturated carbocycles. The number of hydrogen-bond donors (Lipinski definition) is 0. The van der Waals surface area contributed by atoms with E-state index >= 15 is 0 Å². The zero-order valence-corrected chi connectivity index (χ0v) is 28.7. The van der Waals surface area contributed by atoms with Crippen molar-refractivity contribution in [1.29, 1.82) is 0 Å². The van der Waals surface area contributed by atoms with Crippen molar-refractivity contribution >= 4 is 40.3 Å². The minimum absolute atomic E-state index is 0.0110. The minimum atomic E-state index is -0.662. The van der Waals surface area contributed by atoms with E-state index in [1.807, 2.05) is 29.2 Å². The van der Waals surface area contributed by atoms with Gasteiger partial charge in [-0.05, 0) is 85.7 Å². The molecule has 2 saturated heterocycles. The summed E-state index contributed by atoms with van der Waals surface area (Å²) in [5, 5.41) is 1.43. The predicted octanol–water partition coefficient (Wildman–Crippen LogP) is 6.61. The molecule has 46 heavy (non-hydrogen) atoms. The van der Waals surface area contributed by atoms with Crippen LogP contribution in [0.5, 0.6) is 0 Å². The highest BCUT2D eigenvalue weighted by Crippen LogP contribution is 2.54. The first-order chi connectivity index (χ1) is 22.2. The number of alkyl halides is 1. The first-order valence-corrected chi connectivity index (χ1v) is 17.9. The molecule has 1 aliphatic carbocycles. The van der Waals surface area contributed by atoms with Gasteiger partial charge < -0.3 is 14.7 Å². The number of piperazine rings is 1. The quantitative estimate of drug-likeness (QED) is 0.334. The number of nitrogens with zero attached hydrogens (tertiary/aromatic N) is 5. The number of allylic oxidation sites excluding steroid dienone is 1. The molecule has 0 aromatic heterocycles. The third-order valence-electron chi connectivity index (χ3n) is 10.7. The van der Waals surface area contributed by atoms with E-state index in [1.165, 1.54) is 17.3 Å². The summed E-state index contributed by atoms with van der Waals surface area (Å²) in [4.78, 5) is 42.6. The van der Waals surface area contributed by atoms with Crippen molar-refractivity contribution in [3.8, 4) is 0 Å². The number of fused-ring (bicyclic) bond motifs is 1.